The molecule has 0 aliphatic heterocycles. The molecule has 2 rings (SSSR count). The van der Waals surface area contributed by atoms with Gasteiger partial charge in [0.15, 0.2) is 0 Å². The first kappa shape index (κ1) is 16.2. The maximum atomic E-state index is 9.90. The van der Waals surface area contributed by atoms with Gasteiger partial charge in [-0.2, -0.15) is 0 Å². The van der Waals surface area contributed by atoms with E-state index in [0.29, 0.717) is 39.0 Å². The van der Waals surface area contributed by atoms with Crippen LogP contribution in [0.2, 0.25) is 0 Å². The summed E-state index contributed by atoms with van der Waals surface area (Å²) in [6.07, 6.45) is 5.28. The van der Waals surface area contributed by atoms with Crippen molar-refractivity contribution in [3.8, 4) is 0 Å². The Balaban J connectivity index is 1.53. The first-order valence-corrected chi connectivity index (χ1v) is 8.27. The molecular formula is C16H31NO3. The van der Waals surface area contributed by atoms with Crippen molar-refractivity contribution in [2.45, 2.75) is 51.7 Å². The monoisotopic (exact) mass is 285 g/mol. The summed E-state index contributed by atoms with van der Waals surface area (Å²) in [4.78, 5) is 0. The highest BCUT2D eigenvalue weighted by Crippen LogP contribution is 2.49. The Morgan fingerprint density at radius 1 is 1.20 bits per heavy atom. The molecule has 2 N–H and O–H groups in total. The van der Waals surface area contributed by atoms with E-state index < -0.39 is 6.10 Å². The van der Waals surface area contributed by atoms with E-state index in [1.54, 1.807) is 0 Å². The molecule has 2 fully saturated rings. The van der Waals surface area contributed by atoms with Crippen molar-refractivity contribution in [3.05, 3.63) is 0 Å². The van der Waals surface area contributed by atoms with Crippen LogP contribution in [0.15, 0.2) is 0 Å². The van der Waals surface area contributed by atoms with Gasteiger partial charge in [-0.15, -0.1) is 0 Å². The van der Waals surface area contributed by atoms with Gasteiger partial charge in [-0.25, -0.2) is 0 Å². The minimum absolute atomic E-state index is 0.392. The number of aliphatic hydroxyl groups excluding tert-OH is 1. The van der Waals surface area contributed by atoms with Crippen LogP contribution in [0.3, 0.4) is 0 Å². The molecule has 0 spiro atoms. The fourth-order valence-electron chi connectivity index (χ4n) is 3.92. The van der Waals surface area contributed by atoms with E-state index in [9.17, 15) is 5.11 Å². The standard InChI is InChI=1S/C16H31NO3/c1-3-19-6-7-20-11-15(18)10-17-12(2)16-9-13-4-5-14(16)8-13/h12-18H,3-11H2,1-2H3. The second kappa shape index (κ2) is 8.32. The fourth-order valence-corrected chi connectivity index (χ4v) is 3.92. The highest BCUT2D eigenvalue weighted by atomic mass is 16.5. The van der Waals surface area contributed by atoms with Gasteiger partial charge >= 0.3 is 0 Å². The summed E-state index contributed by atoms with van der Waals surface area (Å²) in [5.41, 5.74) is 0. The molecule has 0 amide bonds. The average molecular weight is 285 g/mol. The van der Waals surface area contributed by atoms with Crippen molar-refractivity contribution in [2.24, 2.45) is 17.8 Å². The molecule has 2 aliphatic rings. The van der Waals surface area contributed by atoms with E-state index in [1.807, 2.05) is 6.92 Å². The number of rotatable bonds is 10. The van der Waals surface area contributed by atoms with Crippen LogP contribution < -0.4 is 5.32 Å². The number of aliphatic hydroxyl groups is 1. The average Bonchev–Trinajstić information content (AvgIpc) is 3.07. The summed E-state index contributed by atoms with van der Waals surface area (Å²) < 4.78 is 10.6. The molecule has 2 saturated carbocycles. The summed E-state index contributed by atoms with van der Waals surface area (Å²) in [5.74, 6) is 2.74. The second-order valence-electron chi connectivity index (χ2n) is 6.46. The van der Waals surface area contributed by atoms with Crippen molar-refractivity contribution in [2.75, 3.05) is 33.0 Å². The van der Waals surface area contributed by atoms with Gasteiger partial charge in [0.05, 0.1) is 25.9 Å². The zero-order chi connectivity index (χ0) is 14.4. The maximum Gasteiger partial charge on any atom is 0.0897 e. The van der Waals surface area contributed by atoms with Crippen LogP contribution in [0.25, 0.3) is 0 Å². The zero-order valence-corrected chi connectivity index (χ0v) is 13.0. The maximum absolute atomic E-state index is 9.90. The normalized spacial score (nSPS) is 31.6. The number of fused-ring (bicyclic) bond motifs is 2. The molecule has 5 atom stereocenters. The predicted molar refractivity (Wildman–Crippen MR) is 79.7 cm³/mol. The van der Waals surface area contributed by atoms with Gasteiger partial charge in [0.1, 0.15) is 0 Å². The van der Waals surface area contributed by atoms with Crippen LogP contribution in [0.4, 0.5) is 0 Å². The van der Waals surface area contributed by atoms with Crippen molar-refractivity contribution < 1.29 is 14.6 Å². The van der Waals surface area contributed by atoms with Crippen molar-refractivity contribution in [1.82, 2.24) is 5.32 Å². The molecule has 0 aromatic heterocycles. The Hall–Kier alpha value is -0.160. The van der Waals surface area contributed by atoms with Gasteiger partial charge in [0.25, 0.3) is 0 Å². The Morgan fingerprint density at radius 2 is 2.00 bits per heavy atom. The van der Waals surface area contributed by atoms with Gasteiger partial charge in [-0.05, 0) is 50.9 Å². The third-order valence-electron chi connectivity index (χ3n) is 5.00. The highest BCUT2D eigenvalue weighted by Gasteiger charge is 2.41. The Morgan fingerprint density at radius 3 is 2.65 bits per heavy atom. The second-order valence-corrected chi connectivity index (χ2v) is 6.46. The van der Waals surface area contributed by atoms with E-state index >= 15 is 0 Å². The molecule has 20 heavy (non-hydrogen) atoms. The summed E-state index contributed by atoms with van der Waals surface area (Å²) in [7, 11) is 0. The van der Waals surface area contributed by atoms with E-state index in [-0.39, 0.29) is 0 Å². The summed E-state index contributed by atoms with van der Waals surface area (Å²) in [5, 5.41) is 13.4. The quantitative estimate of drug-likeness (QED) is 0.601. The lowest BCUT2D eigenvalue weighted by Crippen LogP contribution is -2.41. The Labute approximate surface area is 123 Å². The molecule has 0 heterocycles. The van der Waals surface area contributed by atoms with E-state index in [2.05, 4.69) is 12.2 Å². The molecule has 0 radical (unpaired) electrons. The van der Waals surface area contributed by atoms with Gasteiger partial charge in [0, 0.05) is 19.2 Å². The van der Waals surface area contributed by atoms with Crippen LogP contribution in [-0.2, 0) is 9.47 Å². The van der Waals surface area contributed by atoms with Gasteiger partial charge < -0.3 is 19.9 Å². The van der Waals surface area contributed by atoms with Crippen LogP contribution in [0.5, 0.6) is 0 Å². The van der Waals surface area contributed by atoms with Crippen molar-refractivity contribution in [1.29, 1.82) is 0 Å². The lowest BCUT2D eigenvalue weighted by molar-refractivity contribution is 0.00503. The van der Waals surface area contributed by atoms with Crippen LogP contribution >= 0.6 is 0 Å². The molecule has 2 aliphatic carbocycles. The third kappa shape index (κ3) is 4.69. The number of nitrogens with one attached hydrogen (secondary N) is 1. The lowest BCUT2D eigenvalue weighted by Gasteiger charge is -2.29. The number of hydrogen-bond acceptors (Lipinski definition) is 4. The molecule has 0 aromatic carbocycles. The number of hydrogen-bond donors (Lipinski definition) is 2. The fraction of sp³-hybridized carbons (Fsp3) is 1.00. The molecule has 0 aromatic rings. The van der Waals surface area contributed by atoms with Gasteiger partial charge in [0.2, 0.25) is 0 Å². The third-order valence-corrected chi connectivity index (χ3v) is 5.00. The van der Waals surface area contributed by atoms with Crippen LogP contribution in [0.1, 0.15) is 39.5 Å². The molecule has 118 valence electrons. The molecule has 4 heteroatoms. The molecule has 2 bridgehead atoms. The molecule has 0 saturated heterocycles. The minimum atomic E-state index is -0.419. The summed E-state index contributed by atoms with van der Waals surface area (Å²) in [6, 6.07) is 0.517. The van der Waals surface area contributed by atoms with E-state index in [4.69, 9.17) is 9.47 Å². The summed E-state index contributed by atoms with van der Waals surface area (Å²) in [6.45, 7) is 7.15. The topological polar surface area (TPSA) is 50.7 Å². The van der Waals surface area contributed by atoms with Crippen LogP contribution in [0, 0.1) is 17.8 Å². The van der Waals surface area contributed by atoms with Crippen molar-refractivity contribution >= 4 is 0 Å². The molecular weight excluding hydrogens is 254 g/mol. The number of ether oxygens (including phenoxy) is 2. The molecule has 4 nitrogen and oxygen atoms in total. The molecule has 5 unspecified atom stereocenters. The summed E-state index contributed by atoms with van der Waals surface area (Å²) >= 11 is 0. The predicted octanol–water partition coefficient (Wildman–Crippen LogP) is 1.81. The minimum Gasteiger partial charge on any atom is -0.389 e. The van der Waals surface area contributed by atoms with Gasteiger partial charge in [-0.1, -0.05) is 6.42 Å². The Bertz CT molecular complexity index is 274. The first-order valence-electron chi connectivity index (χ1n) is 8.27. The SMILES string of the molecule is CCOCCOCC(O)CNC(C)C1CC2CCC1C2. The zero-order valence-electron chi connectivity index (χ0n) is 13.0. The van der Waals surface area contributed by atoms with Crippen LogP contribution in [-0.4, -0.2) is 50.2 Å². The lowest BCUT2D eigenvalue weighted by atomic mass is 9.84. The largest absolute Gasteiger partial charge is 0.389 e. The first-order chi connectivity index (χ1) is 9.70. The smallest absolute Gasteiger partial charge is 0.0897 e. The van der Waals surface area contributed by atoms with E-state index in [1.165, 1.54) is 25.7 Å². The van der Waals surface area contributed by atoms with E-state index in [0.717, 1.165) is 17.8 Å². The highest BCUT2D eigenvalue weighted by molar-refractivity contribution is 4.94. The Kier molecular flexibility index (Phi) is 6.75. The van der Waals surface area contributed by atoms with Crippen molar-refractivity contribution in [3.63, 3.8) is 0 Å². The van der Waals surface area contributed by atoms with Gasteiger partial charge in [-0.3, -0.25) is 0 Å².